The molecule has 0 spiro atoms. The molecule has 3 heteroatoms. The summed E-state index contributed by atoms with van der Waals surface area (Å²) in [6, 6.07) is 8.16. The van der Waals surface area contributed by atoms with Crippen LogP contribution >= 0.6 is 11.8 Å². The molecule has 1 aliphatic rings. The molecule has 0 fully saturated rings. The Kier molecular flexibility index (Phi) is 3.31. The number of hydrogen-bond acceptors (Lipinski definition) is 3. The van der Waals surface area contributed by atoms with E-state index in [0.29, 0.717) is 6.61 Å². The highest BCUT2D eigenvalue weighted by Gasteiger charge is 2.28. The summed E-state index contributed by atoms with van der Waals surface area (Å²) < 4.78 is 5.15. The highest BCUT2D eigenvalue weighted by Crippen LogP contribution is 2.37. The number of fused-ring (bicyclic) bond motifs is 1. The van der Waals surface area contributed by atoms with Crippen LogP contribution in [0.1, 0.15) is 18.9 Å². The zero-order valence-corrected chi connectivity index (χ0v) is 9.55. The predicted molar refractivity (Wildman–Crippen MR) is 61.0 cm³/mol. The molecule has 80 valence electrons. The Hall–Kier alpha value is -0.960. The van der Waals surface area contributed by atoms with Gasteiger partial charge in [-0.3, -0.25) is 4.79 Å². The first-order valence-electron chi connectivity index (χ1n) is 5.22. The van der Waals surface area contributed by atoms with E-state index in [0.717, 1.165) is 12.8 Å². The number of carbonyl (C=O) groups excluding carboxylic acids is 1. The lowest BCUT2D eigenvalue weighted by Gasteiger charge is -2.07. The Labute approximate surface area is 94.0 Å². The van der Waals surface area contributed by atoms with Crippen LogP contribution in [-0.4, -0.2) is 17.8 Å². The van der Waals surface area contributed by atoms with Crippen molar-refractivity contribution in [2.45, 2.75) is 29.9 Å². The fraction of sp³-hybridized carbons (Fsp3) is 0.417. The largest absolute Gasteiger partial charge is 0.465 e. The van der Waals surface area contributed by atoms with Crippen molar-refractivity contribution in [1.82, 2.24) is 0 Å². The van der Waals surface area contributed by atoms with Crippen molar-refractivity contribution in [3.8, 4) is 0 Å². The molecular weight excluding hydrogens is 208 g/mol. The van der Waals surface area contributed by atoms with Crippen molar-refractivity contribution in [2.75, 3.05) is 6.61 Å². The van der Waals surface area contributed by atoms with Crippen molar-refractivity contribution in [3.05, 3.63) is 29.8 Å². The molecule has 15 heavy (non-hydrogen) atoms. The summed E-state index contributed by atoms with van der Waals surface area (Å²) in [5, 5.41) is -0.0334. The first-order chi connectivity index (χ1) is 7.31. The Morgan fingerprint density at radius 1 is 1.53 bits per heavy atom. The molecule has 2 nitrogen and oxygen atoms in total. The lowest BCUT2D eigenvalue weighted by atomic mass is 10.1. The first-order valence-corrected chi connectivity index (χ1v) is 6.10. The molecular formula is C12H14O2S. The van der Waals surface area contributed by atoms with Crippen LogP contribution < -0.4 is 0 Å². The molecule has 0 bridgehead atoms. The molecule has 1 unspecified atom stereocenters. The van der Waals surface area contributed by atoms with Gasteiger partial charge in [0.05, 0.1) is 6.61 Å². The standard InChI is InChI=1S/C12H14O2S/c1-2-7-14-12(13)11-8-9-5-3-4-6-10(9)15-11/h3-6,11H,2,7-8H2,1H3. The number of hydrogen-bond donors (Lipinski definition) is 0. The van der Waals surface area contributed by atoms with Crippen LogP contribution in [0.15, 0.2) is 29.2 Å². The van der Waals surface area contributed by atoms with E-state index in [-0.39, 0.29) is 11.2 Å². The third-order valence-electron chi connectivity index (χ3n) is 2.36. The number of rotatable bonds is 3. The van der Waals surface area contributed by atoms with E-state index in [9.17, 15) is 4.79 Å². The zero-order chi connectivity index (χ0) is 10.7. The molecule has 0 N–H and O–H groups in total. The number of esters is 1. The molecule has 0 amide bonds. The van der Waals surface area contributed by atoms with Crippen LogP contribution in [0.5, 0.6) is 0 Å². The van der Waals surface area contributed by atoms with Crippen LogP contribution in [0.4, 0.5) is 0 Å². The molecule has 0 radical (unpaired) electrons. The maximum atomic E-state index is 11.6. The summed E-state index contributed by atoms with van der Waals surface area (Å²) in [4.78, 5) is 12.8. The van der Waals surface area contributed by atoms with Gasteiger partial charge in [0.25, 0.3) is 0 Å². The lowest BCUT2D eigenvalue weighted by Crippen LogP contribution is -2.19. The number of benzene rings is 1. The van der Waals surface area contributed by atoms with Gasteiger partial charge in [0, 0.05) is 4.90 Å². The first kappa shape index (κ1) is 10.6. The Morgan fingerprint density at radius 2 is 2.33 bits per heavy atom. The maximum Gasteiger partial charge on any atom is 0.319 e. The van der Waals surface area contributed by atoms with Gasteiger partial charge >= 0.3 is 5.97 Å². The summed E-state index contributed by atoms with van der Waals surface area (Å²) in [5.41, 5.74) is 1.26. The van der Waals surface area contributed by atoms with E-state index in [4.69, 9.17) is 4.74 Å². The van der Waals surface area contributed by atoms with E-state index in [1.165, 1.54) is 10.5 Å². The molecule has 0 saturated heterocycles. The highest BCUT2D eigenvalue weighted by molar-refractivity contribution is 8.01. The minimum atomic E-state index is -0.0712. The molecule has 0 aliphatic carbocycles. The van der Waals surface area contributed by atoms with Gasteiger partial charge < -0.3 is 4.74 Å². The Bertz CT molecular complexity index is 337. The molecule has 1 aromatic carbocycles. The second-order valence-corrected chi connectivity index (χ2v) is 4.83. The predicted octanol–water partition coefficient (Wildman–Crippen LogP) is 2.66. The molecule has 1 aliphatic heterocycles. The second kappa shape index (κ2) is 4.71. The number of ether oxygens (including phenoxy) is 1. The van der Waals surface area contributed by atoms with E-state index >= 15 is 0 Å². The monoisotopic (exact) mass is 222 g/mol. The summed E-state index contributed by atoms with van der Waals surface area (Å²) in [5.74, 6) is -0.0712. The molecule has 1 atom stereocenters. The quantitative estimate of drug-likeness (QED) is 0.735. The van der Waals surface area contributed by atoms with Gasteiger partial charge in [0.15, 0.2) is 0 Å². The van der Waals surface area contributed by atoms with Crippen molar-refractivity contribution in [3.63, 3.8) is 0 Å². The second-order valence-electron chi connectivity index (χ2n) is 3.59. The zero-order valence-electron chi connectivity index (χ0n) is 8.73. The molecule has 1 heterocycles. The third-order valence-corrected chi connectivity index (χ3v) is 3.65. The summed E-state index contributed by atoms with van der Waals surface area (Å²) in [6.45, 7) is 2.54. The third kappa shape index (κ3) is 2.34. The molecule has 0 aromatic heterocycles. The van der Waals surface area contributed by atoms with E-state index in [2.05, 4.69) is 12.1 Å². The fourth-order valence-electron chi connectivity index (χ4n) is 1.61. The molecule has 1 aromatic rings. The number of thioether (sulfide) groups is 1. The van der Waals surface area contributed by atoms with Crippen molar-refractivity contribution >= 4 is 17.7 Å². The van der Waals surface area contributed by atoms with Gasteiger partial charge in [0.2, 0.25) is 0 Å². The minimum Gasteiger partial charge on any atom is -0.465 e. The van der Waals surface area contributed by atoms with Crippen LogP contribution in [0, 0.1) is 0 Å². The van der Waals surface area contributed by atoms with Crippen LogP contribution in [-0.2, 0) is 16.0 Å². The highest BCUT2D eigenvalue weighted by atomic mass is 32.2. The topological polar surface area (TPSA) is 26.3 Å². The van der Waals surface area contributed by atoms with Crippen LogP contribution in [0.25, 0.3) is 0 Å². The van der Waals surface area contributed by atoms with Gasteiger partial charge in [-0.15, -0.1) is 11.8 Å². The van der Waals surface area contributed by atoms with Gasteiger partial charge in [0.1, 0.15) is 5.25 Å². The SMILES string of the molecule is CCCOC(=O)C1Cc2ccccc2S1. The van der Waals surface area contributed by atoms with Gasteiger partial charge in [-0.2, -0.15) is 0 Å². The van der Waals surface area contributed by atoms with Crippen molar-refractivity contribution in [1.29, 1.82) is 0 Å². The van der Waals surface area contributed by atoms with Crippen molar-refractivity contribution < 1.29 is 9.53 Å². The smallest absolute Gasteiger partial charge is 0.319 e. The van der Waals surface area contributed by atoms with E-state index < -0.39 is 0 Å². The molecule has 0 saturated carbocycles. The van der Waals surface area contributed by atoms with E-state index in [1.807, 2.05) is 19.1 Å². The normalized spacial score (nSPS) is 18.6. The van der Waals surface area contributed by atoms with Gasteiger partial charge in [-0.25, -0.2) is 0 Å². The Balaban J connectivity index is 1.98. The summed E-state index contributed by atoms with van der Waals surface area (Å²) in [6.07, 6.45) is 1.69. The summed E-state index contributed by atoms with van der Waals surface area (Å²) in [7, 11) is 0. The Morgan fingerprint density at radius 3 is 3.07 bits per heavy atom. The van der Waals surface area contributed by atoms with Gasteiger partial charge in [-0.1, -0.05) is 25.1 Å². The van der Waals surface area contributed by atoms with Crippen LogP contribution in [0.2, 0.25) is 0 Å². The average molecular weight is 222 g/mol. The lowest BCUT2D eigenvalue weighted by molar-refractivity contribution is -0.142. The fourth-order valence-corrected chi connectivity index (χ4v) is 2.80. The maximum absolute atomic E-state index is 11.6. The average Bonchev–Trinajstić information content (AvgIpc) is 2.69. The molecule has 2 rings (SSSR count). The van der Waals surface area contributed by atoms with E-state index in [1.54, 1.807) is 11.8 Å². The van der Waals surface area contributed by atoms with Crippen molar-refractivity contribution in [2.24, 2.45) is 0 Å². The minimum absolute atomic E-state index is 0.0334. The summed E-state index contributed by atoms with van der Waals surface area (Å²) >= 11 is 1.62. The number of carbonyl (C=O) groups is 1. The van der Waals surface area contributed by atoms with Gasteiger partial charge in [-0.05, 0) is 24.5 Å². The van der Waals surface area contributed by atoms with Crippen LogP contribution in [0.3, 0.4) is 0 Å².